The van der Waals surface area contributed by atoms with Crippen LogP contribution in [0.4, 0.5) is 15.3 Å². The Kier molecular flexibility index (Phi) is 9.34. The van der Waals surface area contributed by atoms with Crippen molar-refractivity contribution in [1.29, 1.82) is 0 Å². The second-order valence-corrected chi connectivity index (χ2v) is 5.43. The molecule has 0 aliphatic heterocycles. The highest BCUT2D eigenvalue weighted by Crippen LogP contribution is 2.17. The molecule has 0 aromatic heterocycles. The monoisotopic (exact) mass is 336 g/mol. The van der Waals surface area contributed by atoms with E-state index in [1.165, 1.54) is 0 Å². The standard InChI is InChI=1S/C18H28N2O4/c1-4-7-13-20(14-8-5-2)17(21)19-15-9-11-16(12-10-15)24-18(22)23-6-3/h9-12H,4-8,13-14H2,1-3H3,(H,19,21). The average Bonchev–Trinajstić information content (AvgIpc) is 2.57. The predicted octanol–water partition coefficient (Wildman–Crippen LogP) is 4.66. The minimum absolute atomic E-state index is 0.101. The van der Waals surface area contributed by atoms with E-state index in [2.05, 4.69) is 19.2 Å². The maximum absolute atomic E-state index is 12.4. The van der Waals surface area contributed by atoms with Crippen molar-refractivity contribution in [2.45, 2.75) is 46.5 Å². The van der Waals surface area contributed by atoms with Crippen molar-refractivity contribution in [3.05, 3.63) is 24.3 Å². The SMILES string of the molecule is CCCCN(CCCC)C(=O)Nc1ccc(OC(=O)OCC)cc1. The van der Waals surface area contributed by atoms with Crippen LogP contribution in [-0.2, 0) is 4.74 Å². The molecule has 0 saturated carbocycles. The van der Waals surface area contributed by atoms with Gasteiger partial charge >= 0.3 is 12.2 Å². The van der Waals surface area contributed by atoms with Gasteiger partial charge in [0.05, 0.1) is 6.61 Å². The van der Waals surface area contributed by atoms with Crippen LogP contribution in [0.2, 0.25) is 0 Å². The Balaban J connectivity index is 2.59. The van der Waals surface area contributed by atoms with Crippen LogP contribution in [0.15, 0.2) is 24.3 Å². The fourth-order valence-electron chi connectivity index (χ4n) is 2.07. The Morgan fingerprint density at radius 3 is 2.08 bits per heavy atom. The van der Waals surface area contributed by atoms with E-state index in [-0.39, 0.29) is 12.6 Å². The van der Waals surface area contributed by atoms with Gasteiger partial charge in [-0.2, -0.15) is 0 Å². The molecule has 6 nitrogen and oxygen atoms in total. The molecular formula is C18H28N2O4. The second-order valence-electron chi connectivity index (χ2n) is 5.43. The number of benzene rings is 1. The van der Waals surface area contributed by atoms with Crippen LogP contribution >= 0.6 is 0 Å². The lowest BCUT2D eigenvalue weighted by atomic mass is 10.2. The first-order chi connectivity index (χ1) is 11.6. The summed E-state index contributed by atoms with van der Waals surface area (Å²) in [6, 6.07) is 6.54. The van der Waals surface area contributed by atoms with E-state index < -0.39 is 6.16 Å². The highest BCUT2D eigenvalue weighted by Gasteiger charge is 2.13. The minimum Gasteiger partial charge on any atom is -0.434 e. The summed E-state index contributed by atoms with van der Waals surface area (Å²) < 4.78 is 9.69. The Hall–Kier alpha value is -2.24. The Morgan fingerprint density at radius 1 is 1.00 bits per heavy atom. The number of ether oxygens (including phenoxy) is 2. The lowest BCUT2D eigenvalue weighted by Gasteiger charge is -2.22. The zero-order chi connectivity index (χ0) is 17.8. The highest BCUT2D eigenvalue weighted by molar-refractivity contribution is 5.89. The number of hydrogen-bond acceptors (Lipinski definition) is 4. The molecule has 24 heavy (non-hydrogen) atoms. The van der Waals surface area contributed by atoms with Crippen LogP contribution < -0.4 is 10.1 Å². The Labute approximate surface area is 144 Å². The lowest BCUT2D eigenvalue weighted by Crippen LogP contribution is -2.36. The van der Waals surface area contributed by atoms with E-state index in [1.54, 1.807) is 31.2 Å². The number of unbranched alkanes of at least 4 members (excludes halogenated alkanes) is 2. The molecule has 0 atom stereocenters. The molecule has 0 saturated heterocycles. The third-order valence-corrected chi connectivity index (χ3v) is 3.42. The number of carbonyl (C=O) groups excluding carboxylic acids is 2. The number of hydrogen-bond donors (Lipinski definition) is 1. The van der Waals surface area contributed by atoms with Crippen molar-refractivity contribution in [2.24, 2.45) is 0 Å². The summed E-state index contributed by atoms with van der Waals surface area (Å²) in [5.74, 6) is 0.375. The van der Waals surface area contributed by atoms with Gasteiger partial charge < -0.3 is 19.7 Å². The van der Waals surface area contributed by atoms with Crippen LogP contribution in [0.5, 0.6) is 5.75 Å². The van der Waals surface area contributed by atoms with Gasteiger partial charge in [0.1, 0.15) is 5.75 Å². The quantitative estimate of drug-likeness (QED) is 0.526. The molecule has 0 aliphatic rings. The van der Waals surface area contributed by atoms with E-state index in [0.29, 0.717) is 11.4 Å². The van der Waals surface area contributed by atoms with Gasteiger partial charge in [-0.25, -0.2) is 9.59 Å². The normalized spacial score (nSPS) is 10.1. The summed E-state index contributed by atoms with van der Waals surface area (Å²) in [7, 11) is 0. The van der Waals surface area contributed by atoms with Gasteiger partial charge in [-0.15, -0.1) is 0 Å². The fraction of sp³-hybridized carbons (Fsp3) is 0.556. The number of rotatable bonds is 9. The Morgan fingerprint density at radius 2 is 1.58 bits per heavy atom. The van der Waals surface area contributed by atoms with E-state index in [9.17, 15) is 9.59 Å². The van der Waals surface area contributed by atoms with Gasteiger partial charge in [-0.1, -0.05) is 26.7 Å². The molecule has 1 aromatic carbocycles. The average molecular weight is 336 g/mol. The minimum atomic E-state index is -0.736. The van der Waals surface area contributed by atoms with Crippen molar-refractivity contribution >= 4 is 17.9 Å². The molecule has 0 heterocycles. The number of urea groups is 1. The number of amides is 2. The molecule has 0 aliphatic carbocycles. The van der Waals surface area contributed by atoms with Crippen LogP contribution in [-0.4, -0.2) is 36.8 Å². The molecule has 1 N–H and O–H groups in total. The van der Waals surface area contributed by atoms with Gasteiger partial charge in [0.25, 0.3) is 0 Å². The van der Waals surface area contributed by atoms with Gasteiger partial charge in [-0.05, 0) is 44.0 Å². The number of carbonyl (C=O) groups is 2. The molecule has 1 rings (SSSR count). The van der Waals surface area contributed by atoms with E-state index >= 15 is 0 Å². The summed E-state index contributed by atoms with van der Waals surface area (Å²) in [6.45, 7) is 7.70. The lowest BCUT2D eigenvalue weighted by molar-refractivity contribution is 0.104. The zero-order valence-corrected chi connectivity index (χ0v) is 14.8. The summed E-state index contributed by atoms with van der Waals surface area (Å²) in [6.07, 6.45) is 3.35. The maximum Gasteiger partial charge on any atom is 0.513 e. The first-order valence-electron chi connectivity index (χ1n) is 8.61. The van der Waals surface area contributed by atoms with Crippen molar-refractivity contribution < 1.29 is 19.1 Å². The van der Waals surface area contributed by atoms with Crippen LogP contribution in [0.1, 0.15) is 46.5 Å². The smallest absolute Gasteiger partial charge is 0.434 e. The number of anilines is 1. The van der Waals surface area contributed by atoms with E-state index in [1.807, 2.05) is 4.90 Å². The summed E-state index contributed by atoms with van der Waals surface area (Å²) in [5.41, 5.74) is 0.661. The molecule has 1 aromatic rings. The van der Waals surface area contributed by atoms with Gasteiger partial charge in [0.15, 0.2) is 0 Å². The topological polar surface area (TPSA) is 67.9 Å². The molecule has 0 fully saturated rings. The molecule has 2 amide bonds. The third-order valence-electron chi connectivity index (χ3n) is 3.42. The molecule has 0 unspecified atom stereocenters. The number of nitrogens with one attached hydrogen (secondary N) is 1. The number of nitrogens with zero attached hydrogens (tertiary/aromatic N) is 1. The third kappa shape index (κ3) is 7.35. The van der Waals surface area contributed by atoms with Crippen LogP contribution in [0.25, 0.3) is 0 Å². The van der Waals surface area contributed by atoms with Crippen molar-refractivity contribution in [3.63, 3.8) is 0 Å². The first kappa shape index (κ1) is 19.8. The zero-order valence-electron chi connectivity index (χ0n) is 14.8. The van der Waals surface area contributed by atoms with E-state index in [4.69, 9.17) is 9.47 Å². The van der Waals surface area contributed by atoms with E-state index in [0.717, 1.165) is 38.8 Å². The molecular weight excluding hydrogens is 308 g/mol. The summed E-state index contributed by atoms with van der Waals surface area (Å²) in [5, 5.41) is 2.88. The molecule has 0 bridgehead atoms. The van der Waals surface area contributed by atoms with Crippen LogP contribution in [0, 0.1) is 0 Å². The summed E-state index contributed by atoms with van der Waals surface area (Å²) >= 11 is 0. The fourth-order valence-corrected chi connectivity index (χ4v) is 2.07. The summed E-state index contributed by atoms with van der Waals surface area (Å²) in [4.78, 5) is 25.5. The first-order valence-corrected chi connectivity index (χ1v) is 8.61. The molecule has 134 valence electrons. The highest BCUT2D eigenvalue weighted by atomic mass is 16.7. The Bertz CT molecular complexity index is 494. The largest absolute Gasteiger partial charge is 0.513 e. The molecule has 0 spiro atoms. The van der Waals surface area contributed by atoms with Crippen molar-refractivity contribution in [1.82, 2.24) is 4.90 Å². The van der Waals surface area contributed by atoms with Gasteiger partial charge in [-0.3, -0.25) is 0 Å². The molecule has 6 heteroatoms. The van der Waals surface area contributed by atoms with Crippen molar-refractivity contribution in [2.75, 3.05) is 25.0 Å². The molecule has 0 radical (unpaired) electrons. The second kappa shape index (κ2) is 11.3. The van der Waals surface area contributed by atoms with Gasteiger partial charge in [0.2, 0.25) is 0 Å². The maximum atomic E-state index is 12.4. The predicted molar refractivity (Wildman–Crippen MR) is 94.5 cm³/mol. The van der Waals surface area contributed by atoms with Crippen LogP contribution in [0.3, 0.4) is 0 Å². The van der Waals surface area contributed by atoms with Crippen molar-refractivity contribution in [3.8, 4) is 5.75 Å². The van der Waals surface area contributed by atoms with Gasteiger partial charge in [0, 0.05) is 18.8 Å².